The second-order valence-corrected chi connectivity index (χ2v) is 9.40. The van der Waals surface area contributed by atoms with E-state index in [2.05, 4.69) is 15.5 Å². The molecule has 0 aliphatic rings. The summed E-state index contributed by atoms with van der Waals surface area (Å²) in [4.78, 5) is 4.98. The van der Waals surface area contributed by atoms with E-state index in [0.29, 0.717) is 10.7 Å². The fraction of sp³-hybridized carbons (Fsp3) is 0.0435. The molecule has 0 radical (unpaired) electrons. The van der Waals surface area contributed by atoms with Crippen molar-refractivity contribution in [2.75, 3.05) is 5.43 Å². The molecule has 7 heteroatoms. The number of nitrogens with one attached hydrogen (secondary N) is 1. The minimum absolute atomic E-state index is 0.212. The zero-order valence-corrected chi connectivity index (χ0v) is 17.8. The Labute approximate surface area is 179 Å². The van der Waals surface area contributed by atoms with Crippen molar-refractivity contribution in [2.45, 2.75) is 16.7 Å². The monoisotopic (exact) mass is 433 g/mol. The molecule has 0 aliphatic carbocycles. The number of nitrogens with zero attached hydrogens (tertiary/aromatic N) is 2. The van der Waals surface area contributed by atoms with E-state index in [9.17, 15) is 8.42 Å². The minimum Gasteiger partial charge on any atom is -0.253 e. The molecular formula is C23H19N3O2S2. The lowest BCUT2D eigenvalue weighted by molar-refractivity contribution is 0.596. The average Bonchev–Trinajstić information content (AvgIpc) is 3.24. The second-order valence-electron chi connectivity index (χ2n) is 6.63. The highest BCUT2D eigenvalue weighted by molar-refractivity contribution is 7.91. The maximum atomic E-state index is 13.1. The molecule has 150 valence electrons. The van der Waals surface area contributed by atoms with Crippen molar-refractivity contribution in [1.82, 2.24) is 4.98 Å². The Kier molecular flexibility index (Phi) is 5.74. The molecule has 0 unspecified atom stereocenters. The molecule has 0 saturated heterocycles. The van der Waals surface area contributed by atoms with E-state index in [1.807, 2.05) is 42.6 Å². The van der Waals surface area contributed by atoms with Gasteiger partial charge in [0.15, 0.2) is 0 Å². The molecule has 1 N–H and O–H groups in total. The molecule has 0 amide bonds. The average molecular weight is 434 g/mol. The van der Waals surface area contributed by atoms with E-state index in [4.69, 9.17) is 0 Å². The van der Waals surface area contributed by atoms with Gasteiger partial charge in [0.05, 0.1) is 21.7 Å². The van der Waals surface area contributed by atoms with E-state index < -0.39 is 9.84 Å². The van der Waals surface area contributed by atoms with Gasteiger partial charge in [0.1, 0.15) is 0 Å². The van der Waals surface area contributed by atoms with Gasteiger partial charge in [-0.05, 0) is 25.1 Å². The fourth-order valence-electron chi connectivity index (χ4n) is 2.90. The van der Waals surface area contributed by atoms with Crippen LogP contribution in [0.2, 0.25) is 0 Å². The first-order valence-corrected chi connectivity index (χ1v) is 11.6. The predicted molar refractivity (Wildman–Crippen MR) is 122 cm³/mol. The maximum absolute atomic E-state index is 13.1. The van der Waals surface area contributed by atoms with Gasteiger partial charge >= 0.3 is 0 Å². The van der Waals surface area contributed by atoms with E-state index in [0.717, 1.165) is 16.8 Å². The molecule has 0 saturated carbocycles. The van der Waals surface area contributed by atoms with Crippen LogP contribution < -0.4 is 5.43 Å². The first-order chi connectivity index (χ1) is 14.5. The summed E-state index contributed by atoms with van der Waals surface area (Å²) in [6, 6.07) is 23.5. The number of aromatic nitrogens is 1. The predicted octanol–water partition coefficient (Wildman–Crippen LogP) is 5.40. The molecule has 0 fully saturated rings. The molecule has 0 atom stereocenters. The zero-order valence-electron chi connectivity index (χ0n) is 16.2. The van der Waals surface area contributed by atoms with E-state index in [-0.39, 0.29) is 9.79 Å². The largest absolute Gasteiger partial charge is 0.253 e. The zero-order chi connectivity index (χ0) is 21.0. The van der Waals surface area contributed by atoms with Crippen LogP contribution in [0.3, 0.4) is 0 Å². The summed E-state index contributed by atoms with van der Waals surface area (Å²) in [5, 5.41) is 6.79. The van der Waals surface area contributed by atoms with Crippen molar-refractivity contribution < 1.29 is 8.42 Å². The Morgan fingerprint density at radius 1 is 0.933 bits per heavy atom. The lowest BCUT2D eigenvalue weighted by Gasteiger charge is -2.08. The van der Waals surface area contributed by atoms with E-state index in [1.54, 1.807) is 48.5 Å². The van der Waals surface area contributed by atoms with Gasteiger partial charge in [-0.1, -0.05) is 66.2 Å². The Balaban J connectivity index is 1.56. The molecule has 3 aromatic carbocycles. The van der Waals surface area contributed by atoms with Crippen LogP contribution in [0.1, 0.15) is 11.1 Å². The maximum Gasteiger partial charge on any atom is 0.207 e. The highest BCUT2D eigenvalue weighted by Gasteiger charge is 2.20. The van der Waals surface area contributed by atoms with Gasteiger partial charge in [-0.2, -0.15) is 5.10 Å². The van der Waals surface area contributed by atoms with Gasteiger partial charge in [-0.3, -0.25) is 5.43 Å². The van der Waals surface area contributed by atoms with Crippen molar-refractivity contribution in [3.63, 3.8) is 0 Å². The molecule has 1 heterocycles. The summed E-state index contributed by atoms with van der Waals surface area (Å²) in [6.45, 7) is 1.92. The molecule has 30 heavy (non-hydrogen) atoms. The third-order valence-electron chi connectivity index (χ3n) is 4.48. The number of anilines is 1. The first kappa shape index (κ1) is 20.0. The molecule has 5 nitrogen and oxygen atoms in total. The van der Waals surface area contributed by atoms with Crippen molar-refractivity contribution >= 4 is 32.5 Å². The summed E-state index contributed by atoms with van der Waals surface area (Å²) in [5.74, 6) is 0. The van der Waals surface area contributed by atoms with Crippen molar-refractivity contribution in [2.24, 2.45) is 5.10 Å². The Morgan fingerprint density at radius 3 is 2.40 bits per heavy atom. The number of thiazole rings is 1. The van der Waals surface area contributed by atoms with E-state index >= 15 is 0 Å². The summed E-state index contributed by atoms with van der Waals surface area (Å²) in [5.41, 5.74) is 6.29. The topological polar surface area (TPSA) is 71.4 Å². The summed E-state index contributed by atoms with van der Waals surface area (Å²) in [6.07, 6.45) is 1.50. The van der Waals surface area contributed by atoms with Gasteiger partial charge in [-0.15, -0.1) is 11.3 Å². The van der Waals surface area contributed by atoms with Crippen LogP contribution in [0.5, 0.6) is 0 Å². The number of rotatable bonds is 6. The van der Waals surface area contributed by atoms with Gasteiger partial charge < -0.3 is 0 Å². The Morgan fingerprint density at radius 2 is 1.63 bits per heavy atom. The van der Waals surface area contributed by atoms with Gasteiger partial charge in [0.25, 0.3) is 0 Å². The van der Waals surface area contributed by atoms with Crippen molar-refractivity contribution in [3.8, 4) is 11.3 Å². The third kappa shape index (κ3) is 4.32. The summed E-state index contributed by atoms with van der Waals surface area (Å²) >= 11 is 1.43. The molecule has 0 spiro atoms. The number of benzene rings is 3. The Hall–Kier alpha value is -3.29. The molecule has 1 aromatic heterocycles. The van der Waals surface area contributed by atoms with Crippen LogP contribution >= 0.6 is 11.3 Å². The highest BCUT2D eigenvalue weighted by atomic mass is 32.2. The van der Waals surface area contributed by atoms with Crippen LogP contribution in [0, 0.1) is 6.92 Å². The van der Waals surface area contributed by atoms with E-state index in [1.165, 1.54) is 17.6 Å². The van der Waals surface area contributed by atoms with Crippen molar-refractivity contribution in [1.29, 1.82) is 0 Å². The number of hydrogen-bond donors (Lipinski definition) is 1. The van der Waals surface area contributed by atoms with Crippen LogP contribution in [-0.4, -0.2) is 19.6 Å². The molecular weight excluding hydrogens is 414 g/mol. The SMILES string of the molecule is Cc1ccc(S(=O)(=O)c2ccccc2C=NNc2nc(-c3ccccc3)cs2)cc1. The summed E-state index contributed by atoms with van der Waals surface area (Å²) < 4.78 is 26.1. The van der Waals surface area contributed by atoms with Crippen LogP contribution in [0.25, 0.3) is 11.3 Å². The number of aryl methyl sites for hydroxylation is 1. The lowest BCUT2D eigenvalue weighted by atomic mass is 10.2. The molecule has 4 rings (SSSR count). The van der Waals surface area contributed by atoms with Gasteiger partial charge in [-0.25, -0.2) is 13.4 Å². The summed E-state index contributed by atoms with van der Waals surface area (Å²) in [7, 11) is -3.65. The number of hydrazone groups is 1. The molecule has 4 aromatic rings. The smallest absolute Gasteiger partial charge is 0.207 e. The van der Waals surface area contributed by atoms with Crippen molar-refractivity contribution in [3.05, 3.63) is 95.4 Å². The standard InChI is InChI=1S/C23H19N3O2S2/c1-17-11-13-20(14-12-17)30(27,28)22-10-6-5-9-19(22)15-24-26-23-25-21(16-29-23)18-7-3-2-4-8-18/h2-16H,1H3,(H,25,26). The normalized spacial score (nSPS) is 11.6. The number of sulfone groups is 1. The van der Waals surface area contributed by atoms with Gasteiger partial charge in [0.2, 0.25) is 15.0 Å². The van der Waals surface area contributed by atoms with Crippen LogP contribution in [0.4, 0.5) is 5.13 Å². The third-order valence-corrected chi connectivity index (χ3v) is 7.07. The molecule has 0 aliphatic heterocycles. The first-order valence-electron chi connectivity index (χ1n) is 9.25. The van der Waals surface area contributed by atoms with Crippen LogP contribution in [-0.2, 0) is 9.84 Å². The fourth-order valence-corrected chi connectivity index (χ4v) is 5.01. The molecule has 0 bridgehead atoms. The Bertz CT molecular complexity index is 1280. The van der Waals surface area contributed by atoms with Gasteiger partial charge in [0, 0.05) is 16.5 Å². The minimum atomic E-state index is -3.65. The highest BCUT2D eigenvalue weighted by Crippen LogP contribution is 2.25. The number of hydrogen-bond acceptors (Lipinski definition) is 6. The second kappa shape index (κ2) is 8.61. The lowest BCUT2D eigenvalue weighted by Crippen LogP contribution is -2.06. The van der Waals surface area contributed by atoms with Crippen LogP contribution in [0.15, 0.2) is 99.1 Å². The quantitative estimate of drug-likeness (QED) is 0.327.